The summed E-state index contributed by atoms with van der Waals surface area (Å²) in [5, 5.41) is 9.43. The Morgan fingerprint density at radius 1 is 1.47 bits per heavy atom. The lowest BCUT2D eigenvalue weighted by atomic mass is 10.1. The van der Waals surface area contributed by atoms with Crippen LogP contribution in [0.15, 0.2) is 0 Å². The molecular weight excluding hydrogens is 198 g/mol. The van der Waals surface area contributed by atoms with E-state index in [1.807, 2.05) is 0 Å². The summed E-state index contributed by atoms with van der Waals surface area (Å²) < 4.78 is 5.12. The number of ether oxygens (including phenoxy) is 1. The quantitative estimate of drug-likeness (QED) is 0.643. The number of aliphatic hydroxyl groups excluding tert-OH is 1. The van der Waals surface area contributed by atoms with Crippen LogP contribution >= 0.6 is 0 Å². The van der Waals surface area contributed by atoms with Crippen LogP contribution in [0.5, 0.6) is 0 Å². The van der Waals surface area contributed by atoms with Crippen LogP contribution < -0.4 is 0 Å². The van der Waals surface area contributed by atoms with Gasteiger partial charge in [-0.3, -0.25) is 0 Å². The van der Waals surface area contributed by atoms with E-state index >= 15 is 0 Å². The average molecular weight is 215 g/mol. The molecule has 1 aliphatic heterocycles. The molecule has 2 atom stereocenters. The van der Waals surface area contributed by atoms with E-state index in [2.05, 4.69) is 0 Å². The molecule has 0 aliphatic carbocycles. The summed E-state index contributed by atoms with van der Waals surface area (Å²) in [6, 6.07) is 0. The number of carbonyl (C=O) groups excluding carboxylic acids is 2. The van der Waals surface area contributed by atoms with Crippen molar-refractivity contribution < 1.29 is 19.4 Å². The van der Waals surface area contributed by atoms with Gasteiger partial charge in [0.25, 0.3) is 0 Å². The van der Waals surface area contributed by atoms with Gasteiger partial charge in [-0.05, 0) is 20.8 Å². The van der Waals surface area contributed by atoms with E-state index in [9.17, 15) is 14.7 Å². The Balaban J connectivity index is 2.53. The summed E-state index contributed by atoms with van der Waals surface area (Å²) >= 11 is 0. The van der Waals surface area contributed by atoms with Crippen molar-refractivity contribution in [2.24, 2.45) is 5.92 Å². The summed E-state index contributed by atoms with van der Waals surface area (Å²) in [7, 11) is 0. The third-order valence-corrected chi connectivity index (χ3v) is 2.16. The molecule has 1 aliphatic rings. The summed E-state index contributed by atoms with van der Waals surface area (Å²) in [6.07, 6.45) is -0.574. The van der Waals surface area contributed by atoms with Crippen molar-refractivity contribution in [2.45, 2.75) is 32.5 Å². The highest BCUT2D eigenvalue weighted by Crippen LogP contribution is 2.18. The zero-order valence-electron chi connectivity index (χ0n) is 9.27. The smallest absolute Gasteiger partial charge is 0.410 e. The maximum Gasteiger partial charge on any atom is 0.410 e. The first-order valence-corrected chi connectivity index (χ1v) is 4.95. The Kier molecular flexibility index (Phi) is 3.34. The topological polar surface area (TPSA) is 66.8 Å². The summed E-state index contributed by atoms with van der Waals surface area (Å²) in [4.78, 5) is 23.4. The maximum absolute atomic E-state index is 11.5. The van der Waals surface area contributed by atoms with Crippen molar-refractivity contribution in [2.75, 3.05) is 13.1 Å². The molecule has 0 aromatic heterocycles. The largest absolute Gasteiger partial charge is 0.444 e. The van der Waals surface area contributed by atoms with Gasteiger partial charge in [0.15, 0.2) is 0 Å². The molecular formula is C10H17NO4. The average Bonchev–Trinajstić information content (AvgIpc) is 2.43. The molecule has 1 amide bonds. The number of nitrogens with zero attached hydrogens (tertiary/aromatic N) is 1. The minimum atomic E-state index is -0.769. The molecule has 1 saturated heterocycles. The van der Waals surface area contributed by atoms with Crippen LogP contribution in [0.4, 0.5) is 4.79 Å². The molecule has 1 heterocycles. The normalized spacial score (nSPS) is 26.5. The van der Waals surface area contributed by atoms with Crippen LogP contribution in [0, 0.1) is 5.92 Å². The third kappa shape index (κ3) is 3.20. The fraction of sp³-hybridized carbons (Fsp3) is 0.800. The van der Waals surface area contributed by atoms with Gasteiger partial charge in [0.05, 0.1) is 18.6 Å². The molecule has 0 aromatic carbocycles. The van der Waals surface area contributed by atoms with E-state index in [0.717, 1.165) is 0 Å². The molecule has 0 saturated carbocycles. The van der Waals surface area contributed by atoms with E-state index in [0.29, 0.717) is 6.29 Å². The van der Waals surface area contributed by atoms with Crippen LogP contribution in [0.3, 0.4) is 0 Å². The lowest BCUT2D eigenvalue weighted by Gasteiger charge is -2.24. The van der Waals surface area contributed by atoms with Crippen molar-refractivity contribution in [3.05, 3.63) is 0 Å². The molecule has 0 radical (unpaired) electrons. The first kappa shape index (κ1) is 12.0. The second kappa shape index (κ2) is 4.18. The molecule has 0 bridgehead atoms. The van der Waals surface area contributed by atoms with E-state index < -0.39 is 23.7 Å². The van der Waals surface area contributed by atoms with Gasteiger partial charge >= 0.3 is 6.09 Å². The number of aliphatic hydroxyl groups is 1. The third-order valence-electron chi connectivity index (χ3n) is 2.16. The Labute approximate surface area is 89.0 Å². The van der Waals surface area contributed by atoms with Crippen molar-refractivity contribution in [1.29, 1.82) is 0 Å². The van der Waals surface area contributed by atoms with Crippen molar-refractivity contribution in [3.8, 4) is 0 Å². The van der Waals surface area contributed by atoms with Gasteiger partial charge in [-0.15, -0.1) is 0 Å². The van der Waals surface area contributed by atoms with Gasteiger partial charge in [0.1, 0.15) is 11.9 Å². The number of β-amino-alcohol motifs (C(OH)–C–C–N with tert-alkyl or cyclic N) is 1. The predicted molar refractivity (Wildman–Crippen MR) is 53.4 cm³/mol. The van der Waals surface area contributed by atoms with Crippen LogP contribution in [-0.2, 0) is 9.53 Å². The molecule has 1 fully saturated rings. The molecule has 0 aromatic rings. The number of hydrogen-bond donors (Lipinski definition) is 1. The fourth-order valence-electron chi connectivity index (χ4n) is 1.42. The highest BCUT2D eigenvalue weighted by molar-refractivity contribution is 5.70. The molecule has 0 spiro atoms. The standard InChI is InChI=1S/C10H17NO4/c1-10(2,3)15-9(14)11-4-7(6-12)8(13)5-11/h6-8,13H,4-5H2,1-3H3. The number of aldehydes is 1. The Morgan fingerprint density at radius 2 is 2.07 bits per heavy atom. The lowest BCUT2D eigenvalue weighted by molar-refractivity contribution is -0.112. The zero-order valence-corrected chi connectivity index (χ0v) is 9.27. The molecule has 1 rings (SSSR count). The van der Waals surface area contributed by atoms with Gasteiger partial charge in [-0.25, -0.2) is 4.79 Å². The molecule has 15 heavy (non-hydrogen) atoms. The summed E-state index contributed by atoms with van der Waals surface area (Å²) in [5.74, 6) is -0.488. The molecule has 5 nitrogen and oxygen atoms in total. The van der Waals surface area contributed by atoms with E-state index in [4.69, 9.17) is 4.74 Å². The molecule has 86 valence electrons. The lowest BCUT2D eigenvalue weighted by Crippen LogP contribution is -2.35. The number of amides is 1. The van der Waals surface area contributed by atoms with Crippen LogP contribution in [0.1, 0.15) is 20.8 Å². The number of rotatable bonds is 1. The Morgan fingerprint density at radius 3 is 2.47 bits per heavy atom. The monoisotopic (exact) mass is 215 g/mol. The van der Waals surface area contributed by atoms with E-state index in [1.54, 1.807) is 20.8 Å². The molecule has 2 unspecified atom stereocenters. The second-order valence-corrected chi connectivity index (χ2v) is 4.75. The number of carbonyl (C=O) groups is 2. The minimum Gasteiger partial charge on any atom is -0.444 e. The van der Waals surface area contributed by atoms with Crippen molar-refractivity contribution in [1.82, 2.24) is 4.90 Å². The Bertz CT molecular complexity index is 259. The van der Waals surface area contributed by atoms with Gasteiger partial charge in [-0.1, -0.05) is 0 Å². The fourth-order valence-corrected chi connectivity index (χ4v) is 1.42. The van der Waals surface area contributed by atoms with Crippen molar-refractivity contribution >= 4 is 12.4 Å². The Hall–Kier alpha value is -1.10. The SMILES string of the molecule is CC(C)(C)OC(=O)N1CC(O)C(C=O)C1. The summed E-state index contributed by atoms with van der Waals surface area (Å²) in [6.45, 7) is 5.72. The number of likely N-dealkylation sites (tertiary alicyclic amines) is 1. The first-order valence-electron chi connectivity index (χ1n) is 4.95. The zero-order chi connectivity index (χ0) is 11.6. The summed E-state index contributed by atoms with van der Waals surface area (Å²) in [5.41, 5.74) is -0.554. The van der Waals surface area contributed by atoms with Gasteiger partial charge in [0, 0.05) is 6.54 Å². The van der Waals surface area contributed by atoms with Crippen LogP contribution in [0.2, 0.25) is 0 Å². The minimum absolute atomic E-state index is 0.165. The van der Waals surface area contributed by atoms with E-state index in [-0.39, 0.29) is 13.1 Å². The first-order chi connectivity index (χ1) is 6.83. The second-order valence-electron chi connectivity index (χ2n) is 4.75. The van der Waals surface area contributed by atoms with Gasteiger partial charge in [0.2, 0.25) is 0 Å². The van der Waals surface area contributed by atoms with E-state index in [1.165, 1.54) is 4.90 Å². The molecule has 5 heteroatoms. The maximum atomic E-state index is 11.5. The van der Waals surface area contributed by atoms with Gasteiger partial charge < -0.3 is 19.5 Å². The number of hydrogen-bond acceptors (Lipinski definition) is 4. The highest BCUT2D eigenvalue weighted by Gasteiger charge is 2.35. The van der Waals surface area contributed by atoms with Crippen LogP contribution in [0.25, 0.3) is 0 Å². The van der Waals surface area contributed by atoms with Crippen molar-refractivity contribution in [3.63, 3.8) is 0 Å². The van der Waals surface area contributed by atoms with Gasteiger partial charge in [-0.2, -0.15) is 0 Å². The van der Waals surface area contributed by atoms with Crippen LogP contribution in [-0.4, -0.2) is 47.2 Å². The predicted octanol–water partition coefficient (Wildman–Crippen LogP) is 0.413. The highest BCUT2D eigenvalue weighted by atomic mass is 16.6. The molecule has 1 N–H and O–H groups in total.